The molecule has 7 heteroatoms. The van der Waals surface area contributed by atoms with Crippen LogP contribution in [-0.4, -0.2) is 38.1 Å². The van der Waals surface area contributed by atoms with Crippen molar-refractivity contribution in [2.24, 2.45) is 5.92 Å². The molecule has 0 aromatic heterocycles. The smallest absolute Gasteiger partial charge is 0.253 e. The molecule has 0 saturated heterocycles. The number of halogens is 1. The zero-order valence-electron chi connectivity index (χ0n) is 13.8. The second-order valence-electron chi connectivity index (χ2n) is 6.28. The molecule has 2 saturated carbocycles. The predicted octanol–water partition coefficient (Wildman–Crippen LogP) is 1.95. The van der Waals surface area contributed by atoms with Crippen molar-refractivity contribution >= 4 is 29.9 Å². The van der Waals surface area contributed by atoms with Crippen LogP contribution >= 0.6 is 12.4 Å². The quantitative estimate of drug-likeness (QED) is 0.667. The Morgan fingerprint density at radius 1 is 1.21 bits per heavy atom. The third-order valence-electron chi connectivity index (χ3n) is 4.07. The van der Waals surface area contributed by atoms with Crippen LogP contribution in [-0.2, 0) is 4.79 Å². The molecule has 132 valence electrons. The van der Waals surface area contributed by atoms with Gasteiger partial charge in [0.2, 0.25) is 5.91 Å². The van der Waals surface area contributed by atoms with Crippen LogP contribution in [0.4, 0.5) is 5.69 Å². The van der Waals surface area contributed by atoms with E-state index in [1.54, 1.807) is 25.3 Å². The Bertz CT molecular complexity index is 601. The van der Waals surface area contributed by atoms with Gasteiger partial charge >= 0.3 is 0 Å². The molecule has 0 unspecified atom stereocenters. The van der Waals surface area contributed by atoms with Crippen molar-refractivity contribution < 1.29 is 14.3 Å². The van der Waals surface area contributed by atoms with Crippen LogP contribution in [0.5, 0.6) is 5.75 Å². The topological polar surface area (TPSA) is 79.5 Å². The van der Waals surface area contributed by atoms with Gasteiger partial charge in [-0.25, -0.2) is 0 Å². The van der Waals surface area contributed by atoms with Crippen LogP contribution in [0, 0.1) is 5.92 Å². The van der Waals surface area contributed by atoms with Gasteiger partial charge in [-0.1, -0.05) is 0 Å². The molecule has 3 N–H and O–H groups in total. The predicted molar refractivity (Wildman–Crippen MR) is 95.0 cm³/mol. The number of ether oxygens (including phenoxy) is 1. The maximum absolute atomic E-state index is 12.3. The third-order valence-corrected chi connectivity index (χ3v) is 4.07. The maximum atomic E-state index is 12.3. The molecule has 24 heavy (non-hydrogen) atoms. The average molecular weight is 354 g/mol. The first-order valence-electron chi connectivity index (χ1n) is 8.15. The molecule has 2 amide bonds. The Morgan fingerprint density at radius 3 is 2.58 bits per heavy atom. The third kappa shape index (κ3) is 5.39. The molecule has 2 aliphatic carbocycles. The Morgan fingerprint density at radius 2 is 1.96 bits per heavy atom. The van der Waals surface area contributed by atoms with E-state index >= 15 is 0 Å². The number of amides is 2. The molecule has 1 aromatic carbocycles. The van der Waals surface area contributed by atoms with Gasteiger partial charge in [-0.3, -0.25) is 9.59 Å². The van der Waals surface area contributed by atoms with E-state index < -0.39 is 0 Å². The van der Waals surface area contributed by atoms with Gasteiger partial charge in [-0.2, -0.15) is 0 Å². The van der Waals surface area contributed by atoms with E-state index in [9.17, 15) is 9.59 Å². The monoisotopic (exact) mass is 353 g/mol. The molecule has 0 atom stereocenters. The Balaban J connectivity index is 0.00000208. The van der Waals surface area contributed by atoms with Crippen molar-refractivity contribution in [2.45, 2.75) is 31.7 Å². The molecule has 2 fully saturated rings. The highest BCUT2D eigenvalue weighted by Gasteiger charge is 2.25. The molecule has 0 aliphatic heterocycles. The molecule has 6 nitrogen and oxygen atoms in total. The molecule has 0 bridgehead atoms. The summed E-state index contributed by atoms with van der Waals surface area (Å²) < 4.78 is 5.18. The summed E-state index contributed by atoms with van der Waals surface area (Å²) in [6.07, 6.45) is 4.53. The summed E-state index contributed by atoms with van der Waals surface area (Å²) in [6, 6.07) is 5.36. The van der Waals surface area contributed by atoms with Crippen LogP contribution in [0.15, 0.2) is 18.2 Å². The summed E-state index contributed by atoms with van der Waals surface area (Å²) in [5.41, 5.74) is 0.953. The standard InChI is InChI=1S/C17H23N3O3.ClH/c1-23-13-6-7-15(14(8-13)17(22)19-12-4-5-12)20-16(21)10-18-9-11-2-3-11;/h6-8,11-12,18H,2-5,9-10H2,1H3,(H,19,22)(H,20,21);1H. The van der Waals surface area contributed by atoms with Gasteiger partial charge in [0.05, 0.1) is 24.9 Å². The van der Waals surface area contributed by atoms with Crippen molar-refractivity contribution in [3.05, 3.63) is 23.8 Å². The first-order chi connectivity index (χ1) is 11.2. The Kier molecular flexibility index (Phi) is 6.45. The molecule has 1 aromatic rings. The van der Waals surface area contributed by atoms with Gasteiger partial charge in [0.25, 0.3) is 5.91 Å². The molecular formula is C17H24ClN3O3. The van der Waals surface area contributed by atoms with Gasteiger partial charge in [-0.05, 0) is 56.3 Å². The molecule has 0 heterocycles. The lowest BCUT2D eigenvalue weighted by atomic mass is 10.1. The highest BCUT2D eigenvalue weighted by Crippen LogP contribution is 2.27. The van der Waals surface area contributed by atoms with E-state index in [-0.39, 0.29) is 36.8 Å². The van der Waals surface area contributed by atoms with E-state index in [1.807, 2.05) is 0 Å². The summed E-state index contributed by atoms with van der Waals surface area (Å²) in [7, 11) is 1.55. The number of rotatable bonds is 8. The minimum Gasteiger partial charge on any atom is -0.497 e. The zero-order chi connectivity index (χ0) is 16.2. The van der Waals surface area contributed by atoms with Crippen LogP contribution < -0.4 is 20.7 Å². The van der Waals surface area contributed by atoms with Crippen molar-refractivity contribution in [1.29, 1.82) is 0 Å². The number of hydrogen-bond donors (Lipinski definition) is 3. The van der Waals surface area contributed by atoms with E-state index in [0.29, 0.717) is 17.0 Å². The lowest BCUT2D eigenvalue weighted by Gasteiger charge is -2.13. The molecular weight excluding hydrogens is 330 g/mol. The fourth-order valence-electron chi connectivity index (χ4n) is 2.34. The maximum Gasteiger partial charge on any atom is 0.253 e. The van der Waals surface area contributed by atoms with Crippen LogP contribution in [0.2, 0.25) is 0 Å². The Labute approximate surface area is 148 Å². The minimum atomic E-state index is -0.173. The normalized spacial score (nSPS) is 16.0. The van der Waals surface area contributed by atoms with Crippen molar-refractivity contribution in [2.75, 3.05) is 25.5 Å². The number of hydrogen-bond acceptors (Lipinski definition) is 4. The van der Waals surface area contributed by atoms with E-state index in [2.05, 4.69) is 16.0 Å². The van der Waals surface area contributed by atoms with Gasteiger partial charge in [-0.15, -0.1) is 12.4 Å². The first kappa shape index (κ1) is 18.5. The summed E-state index contributed by atoms with van der Waals surface area (Å²) in [6.45, 7) is 1.14. The average Bonchev–Trinajstić information content (AvgIpc) is 3.43. The van der Waals surface area contributed by atoms with Crippen molar-refractivity contribution in [3.63, 3.8) is 0 Å². The number of anilines is 1. The number of benzene rings is 1. The number of methoxy groups -OCH3 is 1. The van der Waals surface area contributed by atoms with E-state index in [4.69, 9.17) is 4.74 Å². The Hall–Kier alpha value is -1.79. The second-order valence-corrected chi connectivity index (χ2v) is 6.28. The van der Waals surface area contributed by atoms with Crippen molar-refractivity contribution in [3.8, 4) is 5.75 Å². The van der Waals surface area contributed by atoms with Crippen molar-refractivity contribution in [1.82, 2.24) is 10.6 Å². The van der Waals surface area contributed by atoms with Crippen LogP contribution in [0.25, 0.3) is 0 Å². The number of carbonyl (C=O) groups excluding carboxylic acids is 2. The lowest BCUT2D eigenvalue weighted by molar-refractivity contribution is -0.115. The van der Waals surface area contributed by atoms with Gasteiger partial charge in [0, 0.05) is 6.04 Å². The molecule has 2 aliphatic rings. The SMILES string of the molecule is COc1ccc(NC(=O)CNCC2CC2)c(C(=O)NC2CC2)c1.Cl. The summed E-state index contributed by atoms with van der Waals surface area (Å²) in [5, 5.41) is 8.90. The highest BCUT2D eigenvalue weighted by atomic mass is 35.5. The number of nitrogens with one attached hydrogen (secondary N) is 3. The molecule has 0 spiro atoms. The zero-order valence-corrected chi connectivity index (χ0v) is 14.6. The molecule has 3 rings (SSSR count). The van der Waals surface area contributed by atoms with Gasteiger partial charge < -0.3 is 20.7 Å². The van der Waals surface area contributed by atoms with Gasteiger partial charge in [0.15, 0.2) is 0 Å². The number of carbonyl (C=O) groups is 2. The first-order valence-corrected chi connectivity index (χ1v) is 8.15. The highest BCUT2D eigenvalue weighted by molar-refractivity contribution is 6.04. The largest absolute Gasteiger partial charge is 0.497 e. The van der Waals surface area contributed by atoms with Crippen LogP contribution in [0.1, 0.15) is 36.0 Å². The fourth-order valence-corrected chi connectivity index (χ4v) is 2.34. The fraction of sp³-hybridized carbons (Fsp3) is 0.529. The van der Waals surface area contributed by atoms with E-state index in [0.717, 1.165) is 25.3 Å². The summed E-state index contributed by atoms with van der Waals surface area (Å²) in [5.74, 6) is 1.00. The summed E-state index contributed by atoms with van der Waals surface area (Å²) in [4.78, 5) is 24.4. The minimum absolute atomic E-state index is 0. The van der Waals surface area contributed by atoms with Crippen LogP contribution in [0.3, 0.4) is 0 Å². The summed E-state index contributed by atoms with van der Waals surface area (Å²) >= 11 is 0. The van der Waals surface area contributed by atoms with Gasteiger partial charge in [0.1, 0.15) is 5.75 Å². The van der Waals surface area contributed by atoms with E-state index in [1.165, 1.54) is 12.8 Å². The molecule has 0 radical (unpaired) electrons. The lowest BCUT2D eigenvalue weighted by Crippen LogP contribution is -2.31. The second kappa shape index (κ2) is 8.35.